The highest BCUT2D eigenvalue weighted by Gasteiger charge is 2.41. The van der Waals surface area contributed by atoms with Crippen molar-refractivity contribution in [3.8, 4) is 0 Å². The molecule has 2 rings (SSSR count). The van der Waals surface area contributed by atoms with E-state index in [-0.39, 0.29) is 18.6 Å². The number of aromatic nitrogens is 1. The summed E-state index contributed by atoms with van der Waals surface area (Å²) in [6, 6.07) is 3.98. The molecule has 0 amide bonds. The second-order valence-electron chi connectivity index (χ2n) is 6.01. The highest BCUT2D eigenvalue weighted by atomic mass is 32.1. The molecule has 7 heteroatoms. The number of hydrogen-bond acceptors (Lipinski definition) is 6. The first-order chi connectivity index (χ1) is 12.1. The number of nitrogens with one attached hydrogen (secondary N) is 1. The lowest BCUT2D eigenvalue weighted by molar-refractivity contribution is 0.00886. The Morgan fingerprint density at radius 1 is 1.56 bits per heavy atom. The van der Waals surface area contributed by atoms with Crippen molar-refractivity contribution in [2.75, 3.05) is 20.3 Å². The number of pyridine rings is 1. The molecule has 0 radical (unpaired) electrons. The summed E-state index contributed by atoms with van der Waals surface area (Å²) in [7, 11) is 1.85. The molecule has 0 bridgehead atoms. The molecule has 136 valence electrons. The number of aliphatic hydroxyl groups excluding tert-OH is 2. The fourth-order valence-corrected chi connectivity index (χ4v) is 3.55. The molecular weight excluding hydrogens is 338 g/mol. The normalized spacial score (nSPS) is 23.6. The van der Waals surface area contributed by atoms with Gasteiger partial charge in [0.15, 0.2) is 0 Å². The lowest BCUT2D eigenvalue weighted by atomic mass is 9.66. The number of thiocarbonyl (C=S) groups is 1. The molecule has 0 aliphatic heterocycles. The summed E-state index contributed by atoms with van der Waals surface area (Å²) in [5, 5.41) is 25.0. The highest BCUT2D eigenvalue weighted by Crippen LogP contribution is 2.44. The number of likely N-dealkylation sites (N-methyl/N-ethyl adjacent to an activating group) is 1. The maximum absolute atomic E-state index is 9.25. The number of rotatable bonds is 7. The van der Waals surface area contributed by atoms with E-state index < -0.39 is 6.10 Å². The van der Waals surface area contributed by atoms with Crippen molar-refractivity contribution in [1.82, 2.24) is 10.3 Å². The van der Waals surface area contributed by atoms with Crippen molar-refractivity contribution in [2.24, 2.45) is 5.16 Å². The van der Waals surface area contributed by atoms with Gasteiger partial charge in [-0.15, -0.1) is 0 Å². The zero-order valence-electron chi connectivity index (χ0n) is 14.4. The number of nitrogens with zero attached hydrogens (tertiary/aromatic N) is 2. The second-order valence-corrected chi connectivity index (χ2v) is 6.42. The molecule has 3 N–H and O–H groups in total. The van der Waals surface area contributed by atoms with E-state index in [4.69, 9.17) is 22.2 Å². The van der Waals surface area contributed by atoms with Crippen LogP contribution in [0.4, 0.5) is 0 Å². The minimum Gasteiger partial charge on any atom is -0.394 e. The number of hydrogen-bond donors (Lipinski definition) is 3. The Labute approximate surface area is 153 Å². The van der Waals surface area contributed by atoms with Gasteiger partial charge in [0.2, 0.25) is 0 Å². The Bertz CT molecular complexity index is 621. The molecular formula is C18H25N3O3S. The van der Waals surface area contributed by atoms with E-state index in [1.165, 1.54) is 5.57 Å². The van der Waals surface area contributed by atoms with E-state index in [1.807, 2.05) is 25.4 Å². The SMILES string of the molecule is CNC(=S)C1(c2cccnc2)CCCCC1=CC=NOCC(O)CO. The van der Waals surface area contributed by atoms with Gasteiger partial charge in [-0.25, -0.2) is 0 Å². The van der Waals surface area contributed by atoms with Gasteiger partial charge in [-0.05, 0) is 37.0 Å². The summed E-state index contributed by atoms with van der Waals surface area (Å²) in [6.07, 6.45) is 10.2. The predicted molar refractivity (Wildman–Crippen MR) is 102 cm³/mol. The number of allylic oxidation sites excluding steroid dienone is 1. The van der Waals surface area contributed by atoms with Gasteiger partial charge in [-0.1, -0.05) is 35.4 Å². The van der Waals surface area contributed by atoms with E-state index in [2.05, 4.69) is 21.5 Å². The second kappa shape index (κ2) is 9.60. The minimum atomic E-state index is -0.925. The highest BCUT2D eigenvalue weighted by molar-refractivity contribution is 7.80. The Morgan fingerprint density at radius 3 is 3.08 bits per heavy atom. The van der Waals surface area contributed by atoms with Crippen LogP contribution in [0.15, 0.2) is 41.3 Å². The molecule has 6 nitrogen and oxygen atoms in total. The van der Waals surface area contributed by atoms with E-state index in [0.717, 1.165) is 36.2 Å². The molecule has 0 saturated heterocycles. The van der Waals surface area contributed by atoms with Gasteiger partial charge in [0.25, 0.3) is 0 Å². The fraction of sp³-hybridized carbons (Fsp3) is 0.500. The maximum Gasteiger partial charge on any atom is 0.145 e. The Balaban J connectivity index is 2.27. The third-order valence-corrected chi connectivity index (χ3v) is 5.01. The zero-order chi connectivity index (χ0) is 18.1. The van der Waals surface area contributed by atoms with Crippen molar-refractivity contribution in [3.63, 3.8) is 0 Å². The summed E-state index contributed by atoms with van der Waals surface area (Å²) < 4.78 is 0. The molecule has 1 aliphatic carbocycles. The van der Waals surface area contributed by atoms with Crippen LogP contribution in [0.2, 0.25) is 0 Å². The number of aliphatic hydroxyl groups is 2. The lowest BCUT2D eigenvalue weighted by Gasteiger charge is -2.40. The molecule has 1 fully saturated rings. The first kappa shape index (κ1) is 19.5. The monoisotopic (exact) mass is 363 g/mol. The summed E-state index contributed by atoms with van der Waals surface area (Å²) in [6.45, 7) is -0.393. The topological polar surface area (TPSA) is 87.0 Å². The van der Waals surface area contributed by atoms with E-state index in [0.29, 0.717) is 0 Å². The van der Waals surface area contributed by atoms with Gasteiger partial charge in [-0.3, -0.25) is 4.98 Å². The van der Waals surface area contributed by atoms with Crippen LogP contribution >= 0.6 is 12.2 Å². The average molecular weight is 363 g/mol. The summed E-state index contributed by atoms with van der Waals surface area (Å²) in [5.41, 5.74) is 1.86. The Hall–Kier alpha value is -1.83. The molecule has 1 aliphatic rings. The third-order valence-electron chi connectivity index (χ3n) is 4.45. The van der Waals surface area contributed by atoms with E-state index in [9.17, 15) is 5.11 Å². The van der Waals surface area contributed by atoms with Crippen LogP contribution < -0.4 is 5.32 Å². The smallest absolute Gasteiger partial charge is 0.145 e. The van der Waals surface area contributed by atoms with Gasteiger partial charge < -0.3 is 20.4 Å². The molecule has 0 spiro atoms. The maximum atomic E-state index is 9.25. The lowest BCUT2D eigenvalue weighted by Crippen LogP contribution is -2.45. The van der Waals surface area contributed by atoms with Crippen LogP contribution in [-0.4, -0.2) is 52.8 Å². The van der Waals surface area contributed by atoms with Crippen LogP contribution in [0.3, 0.4) is 0 Å². The van der Waals surface area contributed by atoms with Gasteiger partial charge >= 0.3 is 0 Å². The molecule has 1 aromatic rings. The van der Waals surface area contributed by atoms with Crippen LogP contribution in [0.25, 0.3) is 0 Å². The molecule has 1 heterocycles. The Morgan fingerprint density at radius 2 is 2.40 bits per heavy atom. The molecule has 25 heavy (non-hydrogen) atoms. The van der Waals surface area contributed by atoms with Crippen LogP contribution in [0.1, 0.15) is 31.2 Å². The van der Waals surface area contributed by atoms with Crippen LogP contribution in [0, 0.1) is 0 Å². The Kier molecular flexibility index (Phi) is 7.49. The first-order valence-corrected chi connectivity index (χ1v) is 8.82. The quantitative estimate of drug-likeness (QED) is 0.388. The van der Waals surface area contributed by atoms with Gasteiger partial charge in [0.1, 0.15) is 12.7 Å². The predicted octanol–water partition coefficient (Wildman–Crippen LogP) is 1.72. The summed E-state index contributed by atoms with van der Waals surface area (Å²) >= 11 is 5.68. The largest absolute Gasteiger partial charge is 0.394 e. The molecule has 2 atom stereocenters. The van der Waals surface area contributed by atoms with Crippen molar-refractivity contribution in [2.45, 2.75) is 37.2 Å². The third kappa shape index (κ3) is 4.62. The van der Waals surface area contributed by atoms with Gasteiger partial charge in [0, 0.05) is 19.4 Å². The molecule has 0 aromatic carbocycles. The molecule has 1 saturated carbocycles. The van der Waals surface area contributed by atoms with Gasteiger partial charge in [-0.2, -0.15) is 0 Å². The fourth-order valence-electron chi connectivity index (χ4n) is 3.20. The standard InChI is InChI=1S/C18H25N3O3S/c1-19-17(25)18(15-6-4-9-20-11-15)8-3-2-5-14(18)7-10-21-24-13-16(23)12-22/h4,6-7,9-11,16,22-23H,2-3,5,8,12-13H2,1H3,(H,19,25). The summed E-state index contributed by atoms with van der Waals surface area (Å²) in [4.78, 5) is 10.0. The first-order valence-electron chi connectivity index (χ1n) is 8.41. The number of oxime groups is 1. The molecule has 1 aromatic heterocycles. The van der Waals surface area contributed by atoms with Crippen molar-refractivity contribution >= 4 is 23.4 Å². The van der Waals surface area contributed by atoms with E-state index in [1.54, 1.807) is 12.4 Å². The zero-order valence-corrected chi connectivity index (χ0v) is 15.2. The average Bonchev–Trinajstić information content (AvgIpc) is 2.67. The van der Waals surface area contributed by atoms with Crippen LogP contribution in [-0.2, 0) is 10.3 Å². The van der Waals surface area contributed by atoms with Crippen LogP contribution in [0.5, 0.6) is 0 Å². The van der Waals surface area contributed by atoms with Crippen molar-refractivity contribution < 1.29 is 15.1 Å². The van der Waals surface area contributed by atoms with Gasteiger partial charge in [0.05, 0.1) is 23.2 Å². The van der Waals surface area contributed by atoms with Crippen molar-refractivity contribution in [1.29, 1.82) is 0 Å². The summed E-state index contributed by atoms with van der Waals surface area (Å²) in [5.74, 6) is 0. The minimum absolute atomic E-state index is 0.0428. The van der Waals surface area contributed by atoms with E-state index >= 15 is 0 Å². The van der Waals surface area contributed by atoms with Crippen molar-refractivity contribution in [3.05, 3.63) is 41.7 Å². The molecule has 2 unspecified atom stereocenters.